The van der Waals surface area contributed by atoms with Crippen LogP contribution in [0.4, 0.5) is 14.5 Å². The van der Waals surface area contributed by atoms with E-state index in [1.54, 1.807) is 6.20 Å². The van der Waals surface area contributed by atoms with Gasteiger partial charge >= 0.3 is 0 Å². The van der Waals surface area contributed by atoms with E-state index >= 15 is 0 Å². The normalized spacial score (nSPS) is 22.2. The van der Waals surface area contributed by atoms with Crippen LogP contribution in [0.25, 0.3) is 0 Å². The zero-order valence-corrected chi connectivity index (χ0v) is 12.8. The lowest BCUT2D eigenvalue weighted by atomic mass is 10.2. The molecule has 2 unspecified atom stereocenters. The number of anilines is 1. The molecule has 2 heterocycles. The van der Waals surface area contributed by atoms with Gasteiger partial charge in [0.1, 0.15) is 35.2 Å². The van der Waals surface area contributed by atoms with E-state index in [2.05, 4.69) is 10.3 Å². The second-order valence-corrected chi connectivity index (χ2v) is 6.27. The minimum absolute atomic E-state index is 0.196. The predicted molar refractivity (Wildman–Crippen MR) is 80.1 cm³/mol. The number of hydrogen-bond acceptors (Lipinski definition) is 4. The van der Waals surface area contributed by atoms with Crippen LogP contribution in [0.2, 0.25) is 0 Å². The van der Waals surface area contributed by atoms with Gasteiger partial charge in [-0.1, -0.05) is 11.3 Å². The maximum atomic E-state index is 13.9. The summed E-state index contributed by atoms with van der Waals surface area (Å²) >= 11 is 0. The quantitative estimate of drug-likeness (QED) is 0.928. The summed E-state index contributed by atoms with van der Waals surface area (Å²) in [7, 11) is 0. The number of carbonyl (C=O) groups is 1. The molecular formula is C16H16F2N4O2. The van der Waals surface area contributed by atoms with Gasteiger partial charge in [-0.2, -0.15) is 0 Å². The van der Waals surface area contributed by atoms with Gasteiger partial charge in [0.2, 0.25) is 0 Å². The molecule has 8 heteroatoms. The Morgan fingerprint density at radius 1 is 1.21 bits per heavy atom. The Morgan fingerprint density at radius 2 is 1.92 bits per heavy atom. The Bertz CT molecular complexity index is 770. The lowest BCUT2D eigenvalue weighted by Gasteiger charge is -2.18. The Balaban J connectivity index is 1.57. The molecule has 4 rings (SSSR count). The van der Waals surface area contributed by atoms with Crippen molar-refractivity contribution in [2.45, 2.75) is 31.4 Å². The Labute approximate surface area is 136 Å². The summed E-state index contributed by atoms with van der Waals surface area (Å²) in [4.78, 5) is 13.7. The number of para-hydroxylation sites is 1. The number of hydrogen-bond donors (Lipinski definition) is 1. The highest BCUT2D eigenvalue weighted by Gasteiger charge is 2.38. The fourth-order valence-corrected chi connectivity index (χ4v) is 3.11. The van der Waals surface area contributed by atoms with Gasteiger partial charge in [-0.05, 0) is 37.3 Å². The van der Waals surface area contributed by atoms with E-state index in [0.717, 1.165) is 29.9 Å². The molecule has 1 saturated heterocycles. The van der Waals surface area contributed by atoms with Crippen molar-refractivity contribution in [2.75, 3.05) is 11.4 Å². The van der Waals surface area contributed by atoms with E-state index in [1.165, 1.54) is 10.7 Å². The van der Waals surface area contributed by atoms with Gasteiger partial charge < -0.3 is 10.0 Å². The zero-order valence-electron chi connectivity index (χ0n) is 12.8. The van der Waals surface area contributed by atoms with Crippen molar-refractivity contribution in [3.8, 4) is 0 Å². The van der Waals surface area contributed by atoms with Crippen LogP contribution in [-0.2, 0) is 4.79 Å². The van der Waals surface area contributed by atoms with Crippen LogP contribution in [0.5, 0.6) is 0 Å². The molecule has 2 atom stereocenters. The van der Waals surface area contributed by atoms with Crippen molar-refractivity contribution < 1.29 is 18.7 Å². The average Bonchev–Trinajstić information content (AvgIpc) is 3.18. The highest BCUT2D eigenvalue weighted by atomic mass is 19.1. The Morgan fingerprint density at radius 3 is 2.58 bits per heavy atom. The van der Waals surface area contributed by atoms with Crippen molar-refractivity contribution in [3.05, 3.63) is 41.7 Å². The largest absolute Gasteiger partial charge is 0.386 e. The number of benzene rings is 1. The van der Waals surface area contributed by atoms with E-state index < -0.39 is 29.7 Å². The number of halogens is 2. The molecule has 0 radical (unpaired) electrons. The van der Waals surface area contributed by atoms with E-state index in [1.807, 2.05) is 0 Å². The fourth-order valence-electron chi connectivity index (χ4n) is 3.11. The summed E-state index contributed by atoms with van der Waals surface area (Å²) in [6, 6.07) is 2.84. The molecule has 1 saturated carbocycles. The molecule has 2 aliphatic rings. The molecule has 6 nitrogen and oxygen atoms in total. The first kappa shape index (κ1) is 15.2. The third-order valence-corrected chi connectivity index (χ3v) is 4.60. The van der Waals surface area contributed by atoms with E-state index in [4.69, 9.17) is 0 Å². The topological polar surface area (TPSA) is 71.2 Å². The van der Waals surface area contributed by atoms with E-state index in [0.29, 0.717) is 12.1 Å². The number of aromatic nitrogens is 3. The summed E-state index contributed by atoms with van der Waals surface area (Å²) < 4.78 is 29.2. The van der Waals surface area contributed by atoms with Gasteiger partial charge in [-0.3, -0.25) is 4.79 Å². The molecule has 126 valence electrons. The third kappa shape index (κ3) is 2.47. The molecule has 1 aliphatic heterocycles. The summed E-state index contributed by atoms with van der Waals surface area (Å²) in [6.45, 7) is 0.196. The molecule has 1 aromatic carbocycles. The van der Waals surface area contributed by atoms with Crippen LogP contribution in [0.1, 0.15) is 37.1 Å². The van der Waals surface area contributed by atoms with Crippen LogP contribution in [0.3, 0.4) is 0 Å². The van der Waals surface area contributed by atoms with E-state index in [9.17, 15) is 18.7 Å². The van der Waals surface area contributed by atoms with Gasteiger partial charge in [-0.25, -0.2) is 13.5 Å². The molecule has 1 N–H and O–H groups in total. The smallest absolute Gasteiger partial charge is 0.252 e. The average molecular weight is 334 g/mol. The first-order chi connectivity index (χ1) is 11.6. The molecule has 1 aliphatic carbocycles. The second-order valence-electron chi connectivity index (χ2n) is 6.27. The van der Waals surface area contributed by atoms with Crippen LogP contribution in [0, 0.1) is 17.6 Å². The fraction of sp³-hybridized carbons (Fsp3) is 0.438. The molecule has 0 bridgehead atoms. The summed E-state index contributed by atoms with van der Waals surface area (Å²) in [6.07, 6.45) is 3.16. The standard InChI is InChI=1S/C16H16F2N4O2/c17-10-2-1-3-11(18)14(10)21-7-6-13(16(21)24)22-8-12(19-20-22)15(23)9-4-5-9/h1-3,8-9,13,15,23H,4-7H2. The number of aliphatic hydroxyl groups is 1. The minimum atomic E-state index is -0.771. The number of carbonyl (C=O) groups excluding carboxylic acids is 1. The molecule has 2 fully saturated rings. The van der Waals surface area contributed by atoms with Gasteiger partial charge in [0.25, 0.3) is 5.91 Å². The first-order valence-corrected chi connectivity index (χ1v) is 7.91. The SMILES string of the molecule is O=C1C(n2cc(C(O)C3CC3)nn2)CCN1c1c(F)cccc1F. The third-order valence-electron chi connectivity index (χ3n) is 4.60. The van der Waals surface area contributed by atoms with Crippen LogP contribution in [-0.4, -0.2) is 32.6 Å². The van der Waals surface area contributed by atoms with Gasteiger partial charge in [0.15, 0.2) is 0 Å². The van der Waals surface area contributed by atoms with Crippen LogP contribution < -0.4 is 4.90 Å². The summed E-state index contributed by atoms with van der Waals surface area (Å²) in [5.74, 6) is -1.77. The lowest BCUT2D eigenvalue weighted by Crippen LogP contribution is -2.30. The van der Waals surface area contributed by atoms with Gasteiger partial charge in [-0.15, -0.1) is 5.10 Å². The second kappa shape index (κ2) is 5.62. The predicted octanol–water partition coefficient (Wildman–Crippen LogP) is 1.98. The van der Waals surface area contributed by atoms with Crippen molar-refractivity contribution in [3.63, 3.8) is 0 Å². The number of nitrogens with zero attached hydrogens (tertiary/aromatic N) is 4. The lowest BCUT2D eigenvalue weighted by molar-refractivity contribution is -0.120. The molecular weight excluding hydrogens is 318 g/mol. The highest BCUT2D eigenvalue weighted by Crippen LogP contribution is 2.40. The molecule has 1 amide bonds. The van der Waals surface area contributed by atoms with E-state index in [-0.39, 0.29) is 18.2 Å². The molecule has 1 aromatic heterocycles. The van der Waals surface area contributed by atoms with Gasteiger partial charge in [0.05, 0.1) is 6.20 Å². The minimum Gasteiger partial charge on any atom is -0.386 e. The molecule has 2 aromatic rings. The van der Waals surface area contributed by atoms with Crippen molar-refractivity contribution in [1.82, 2.24) is 15.0 Å². The van der Waals surface area contributed by atoms with Crippen molar-refractivity contribution in [2.24, 2.45) is 5.92 Å². The monoisotopic (exact) mass is 334 g/mol. The number of aliphatic hydroxyl groups excluding tert-OH is 1. The zero-order chi connectivity index (χ0) is 16.8. The highest BCUT2D eigenvalue weighted by molar-refractivity contribution is 5.98. The van der Waals surface area contributed by atoms with Gasteiger partial charge in [0, 0.05) is 6.54 Å². The maximum Gasteiger partial charge on any atom is 0.252 e. The molecule has 0 spiro atoms. The Kier molecular flexibility index (Phi) is 3.56. The van der Waals surface area contributed by atoms with Crippen molar-refractivity contribution >= 4 is 11.6 Å². The van der Waals surface area contributed by atoms with Crippen molar-refractivity contribution in [1.29, 1.82) is 0 Å². The Hall–Kier alpha value is -2.35. The maximum absolute atomic E-state index is 13.9. The number of rotatable bonds is 4. The van der Waals surface area contributed by atoms with Crippen LogP contribution in [0.15, 0.2) is 24.4 Å². The molecule has 24 heavy (non-hydrogen) atoms. The summed E-state index contributed by atoms with van der Waals surface area (Å²) in [5, 5.41) is 17.9. The summed E-state index contributed by atoms with van der Waals surface area (Å²) in [5.41, 5.74) is 0.101. The first-order valence-electron chi connectivity index (χ1n) is 7.91. The number of amides is 1. The van der Waals surface area contributed by atoms with Crippen LogP contribution >= 0.6 is 0 Å².